The number of carboxylic acids is 1. The first-order chi connectivity index (χ1) is 9.99. The first-order valence-electron chi connectivity index (χ1n) is 6.56. The van der Waals surface area contributed by atoms with Crippen LogP contribution in [0.25, 0.3) is 0 Å². The summed E-state index contributed by atoms with van der Waals surface area (Å²) in [6, 6.07) is 4.37. The zero-order chi connectivity index (χ0) is 15.4. The van der Waals surface area contributed by atoms with Crippen molar-refractivity contribution >= 4 is 11.9 Å². The minimum atomic E-state index is -1.08. The van der Waals surface area contributed by atoms with Crippen LogP contribution in [0.2, 0.25) is 0 Å². The molecule has 1 amide bonds. The Hall–Kier alpha value is -2.63. The highest BCUT2D eigenvalue weighted by atomic mass is 16.4. The monoisotopic (exact) mass is 287 g/mol. The summed E-state index contributed by atoms with van der Waals surface area (Å²) in [4.78, 5) is 30.2. The molecule has 0 aliphatic carbocycles. The van der Waals surface area contributed by atoms with Crippen LogP contribution in [0.3, 0.4) is 0 Å². The van der Waals surface area contributed by atoms with E-state index in [-0.39, 0.29) is 12.3 Å². The highest BCUT2D eigenvalue weighted by Gasteiger charge is 2.22. The van der Waals surface area contributed by atoms with Crippen LogP contribution in [0.4, 0.5) is 0 Å². The molecule has 0 bridgehead atoms. The number of aryl methyl sites for hydroxylation is 1. The van der Waals surface area contributed by atoms with Crippen molar-refractivity contribution in [2.45, 2.75) is 26.3 Å². The van der Waals surface area contributed by atoms with Crippen LogP contribution in [0, 0.1) is 13.8 Å². The summed E-state index contributed by atoms with van der Waals surface area (Å²) in [5.41, 5.74) is 2.98. The summed E-state index contributed by atoms with van der Waals surface area (Å²) >= 11 is 0. The smallest absolute Gasteiger partial charge is 0.326 e. The Bertz CT molecular complexity index is 650. The normalized spacial score (nSPS) is 11.9. The second kappa shape index (κ2) is 6.21. The van der Waals surface area contributed by atoms with Crippen molar-refractivity contribution in [3.8, 4) is 0 Å². The number of hydrogen-bond acceptors (Lipinski definition) is 3. The van der Waals surface area contributed by atoms with Gasteiger partial charge in [0.05, 0.1) is 6.33 Å². The summed E-state index contributed by atoms with van der Waals surface area (Å²) in [6.07, 6.45) is 3.17. The Labute approximate surface area is 122 Å². The van der Waals surface area contributed by atoms with Crippen LogP contribution in [-0.2, 0) is 11.2 Å². The van der Waals surface area contributed by atoms with Crippen molar-refractivity contribution in [2.24, 2.45) is 0 Å². The van der Waals surface area contributed by atoms with Gasteiger partial charge in [0.15, 0.2) is 0 Å². The predicted octanol–water partition coefficient (Wildman–Crippen LogP) is 1.45. The first kappa shape index (κ1) is 14.8. The lowest BCUT2D eigenvalue weighted by Crippen LogP contribution is -2.42. The molecule has 0 fully saturated rings. The fourth-order valence-corrected chi connectivity index (χ4v) is 2.05. The van der Waals surface area contributed by atoms with Gasteiger partial charge in [-0.2, -0.15) is 0 Å². The van der Waals surface area contributed by atoms with Crippen LogP contribution >= 0.6 is 0 Å². The molecular formula is C15H17N3O3. The lowest BCUT2D eigenvalue weighted by molar-refractivity contribution is -0.139. The fourth-order valence-electron chi connectivity index (χ4n) is 2.05. The van der Waals surface area contributed by atoms with E-state index in [9.17, 15) is 14.7 Å². The van der Waals surface area contributed by atoms with Gasteiger partial charge in [0.25, 0.3) is 5.91 Å². The third-order valence-corrected chi connectivity index (χ3v) is 3.43. The molecule has 2 aromatic rings. The molecule has 1 aromatic heterocycles. The minimum Gasteiger partial charge on any atom is -0.480 e. The van der Waals surface area contributed by atoms with Crippen molar-refractivity contribution in [1.82, 2.24) is 15.3 Å². The Morgan fingerprint density at radius 3 is 2.76 bits per heavy atom. The van der Waals surface area contributed by atoms with Crippen LogP contribution in [0.15, 0.2) is 30.7 Å². The zero-order valence-corrected chi connectivity index (χ0v) is 11.9. The van der Waals surface area contributed by atoms with Gasteiger partial charge >= 0.3 is 5.97 Å². The molecule has 1 heterocycles. The van der Waals surface area contributed by atoms with Crippen molar-refractivity contribution in [2.75, 3.05) is 0 Å². The number of carbonyl (C=O) groups is 2. The number of aromatic amines is 1. The fraction of sp³-hybridized carbons (Fsp3) is 0.267. The summed E-state index contributed by atoms with van der Waals surface area (Å²) in [5.74, 6) is -1.47. The summed E-state index contributed by atoms with van der Waals surface area (Å²) < 4.78 is 0. The maximum Gasteiger partial charge on any atom is 0.326 e. The van der Waals surface area contributed by atoms with Gasteiger partial charge in [-0.15, -0.1) is 0 Å². The van der Waals surface area contributed by atoms with E-state index in [1.54, 1.807) is 18.3 Å². The van der Waals surface area contributed by atoms with Crippen LogP contribution in [-0.4, -0.2) is 33.0 Å². The van der Waals surface area contributed by atoms with E-state index < -0.39 is 12.0 Å². The number of aromatic nitrogens is 2. The number of benzene rings is 1. The van der Waals surface area contributed by atoms with Crippen molar-refractivity contribution < 1.29 is 14.7 Å². The molecular weight excluding hydrogens is 270 g/mol. The van der Waals surface area contributed by atoms with Crippen molar-refractivity contribution in [3.05, 3.63) is 53.1 Å². The van der Waals surface area contributed by atoms with Gasteiger partial charge in [-0.1, -0.05) is 12.1 Å². The summed E-state index contributed by atoms with van der Waals surface area (Å²) in [5, 5.41) is 11.8. The molecule has 1 aromatic carbocycles. The Kier molecular flexibility index (Phi) is 4.37. The van der Waals surface area contributed by atoms with Gasteiger partial charge < -0.3 is 15.4 Å². The molecule has 0 saturated carbocycles. The van der Waals surface area contributed by atoms with Gasteiger partial charge in [0.2, 0.25) is 0 Å². The van der Waals surface area contributed by atoms with Crippen LogP contribution < -0.4 is 5.32 Å². The topological polar surface area (TPSA) is 95.1 Å². The van der Waals surface area contributed by atoms with Crippen LogP contribution in [0.5, 0.6) is 0 Å². The van der Waals surface area contributed by atoms with E-state index in [0.29, 0.717) is 11.3 Å². The molecule has 21 heavy (non-hydrogen) atoms. The molecule has 0 radical (unpaired) electrons. The number of amides is 1. The number of nitrogens with zero attached hydrogens (tertiary/aromatic N) is 1. The van der Waals surface area contributed by atoms with E-state index in [4.69, 9.17) is 0 Å². The maximum atomic E-state index is 12.3. The van der Waals surface area contributed by atoms with Gasteiger partial charge in [0, 0.05) is 23.9 Å². The average Bonchev–Trinajstić information content (AvgIpc) is 2.93. The van der Waals surface area contributed by atoms with Crippen molar-refractivity contribution in [3.63, 3.8) is 0 Å². The second-order valence-corrected chi connectivity index (χ2v) is 4.89. The highest BCUT2D eigenvalue weighted by Crippen LogP contribution is 2.13. The Morgan fingerprint density at radius 1 is 1.38 bits per heavy atom. The minimum absolute atomic E-state index is 0.159. The molecule has 6 nitrogen and oxygen atoms in total. The van der Waals surface area contributed by atoms with E-state index in [0.717, 1.165) is 11.1 Å². The number of hydrogen-bond donors (Lipinski definition) is 3. The lowest BCUT2D eigenvalue weighted by Gasteiger charge is -2.15. The number of imidazole rings is 1. The maximum absolute atomic E-state index is 12.3. The average molecular weight is 287 g/mol. The molecule has 0 unspecified atom stereocenters. The Morgan fingerprint density at radius 2 is 2.14 bits per heavy atom. The number of carbonyl (C=O) groups excluding carboxylic acids is 1. The molecule has 0 aliphatic rings. The standard InChI is InChI=1S/C15H17N3O3/c1-9-4-3-5-12(10(9)2)14(19)18-13(15(20)21)6-11-7-16-8-17-11/h3-5,7-8,13H,6H2,1-2H3,(H,16,17)(H,18,19)(H,20,21)/t13-/m1/s1. The third kappa shape index (κ3) is 3.47. The van der Waals surface area contributed by atoms with Gasteiger partial charge in [-0.25, -0.2) is 9.78 Å². The van der Waals surface area contributed by atoms with Gasteiger partial charge in [0.1, 0.15) is 6.04 Å². The molecule has 0 spiro atoms. The predicted molar refractivity (Wildman–Crippen MR) is 77.1 cm³/mol. The molecule has 6 heteroatoms. The first-order valence-corrected chi connectivity index (χ1v) is 6.56. The molecule has 0 saturated heterocycles. The number of H-pyrrole nitrogens is 1. The van der Waals surface area contributed by atoms with Crippen LogP contribution in [0.1, 0.15) is 27.2 Å². The SMILES string of the molecule is Cc1cccc(C(=O)N[C@H](Cc2cnc[nH]2)C(=O)O)c1C. The molecule has 0 aliphatic heterocycles. The van der Waals surface area contributed by atoms with E-state index in [1.807, 2.05) is 19.9 Å². The van der Waals surface area contributed by atoms with E-state index >= 15 is 0 Å². The summed E-state index contributed by atoms with van der Waals surface area (Å²) in [6.45, 7) is 3.75. The molecule has 2 rings (SSSR count). The number of aliphatic carboxylic acids is 1. The molecule has 1 atom stereocenters. The summed E-state index contributed by atoms with van der Waals surface area (Å²) in [7, 11) is 0. The molecule has 110 valence electrons. The lowest BCUT2D eigenvalue weighted by atomic mass is 10.0. The quantitative estimate of drug-likeness (QED) is 0.775. The number of nitrogens with one attached hydrogen (secondary N) is 2. The van der Waals surface area contributed by atoms with Crippen molar-refractivity contribution in [1.29, 1.82) is 0 Å². The second-order valence-electron chi connectivity index (χ2n) is 4.89. The van der Waals surface area contributed by atoms with Gasteiger partial charge in [-0.05, 0) is 31.0 Å². The Balaban J connectivity index is 2.15. The third-order valence-electron chi connectivity index (χ3n) is 3.43. The highest BCUT2D eigenvalue weighted by molar-refractivity contribution is 5.98. The van der Waals surface area contributed by atoms with E-state index in [1.165, 1.54) is 6.33 Å². The zero-order valence-electron chi connectivity index (χ0n) is 11.9. The molecule has 3 N–H and O–H groups in total. The number of carboxylic acid groups (broad SMARTS) is 1. The van der Waals surface area contributed by atoms with E-state index in [2.05, 4.69) is 15.3 Å². The largest absolute Gasteiger partial charge is 0.480 e. The number of rotatable bonds is 5. The van der Waals surface area contributed by atoms with Gasteiger partial charge in [-0.3, -0.25) is 4.79 Å².